The molecule has 0 radical (unpaired) electrons. The zero-order chi connectivity index (χ0) is 19.6. The molecule has 2 N–H and O–H groups in total. The number of Topliss-reactive ketones (excluding diaryl/α,β-unsaturated/α-hetero) is 1. The van der Waals surface area contributed by atoms with Crippen LogP contribution >= 0.6 is 0 Å². The zero-order valence-corrected chi connectivity index (χ0v) is 15.0. The first-order chi connectivity index (χ1) is 12.7. The summed E-state index contributed by atoms with van der Waals surface area (Å²) in [6.07, 6.45) is 1.41. The van der Waals surface area contributed by atoms with Gasteiger partial charge < -0.3 is 5.32 Å². The van der Waals surface area contributed by atoms with Gasteiger partial charge in [0.25, 0.3) is 5.91 Å². The molecule has 0 aliphatic rings. The molecule has 0 unspecified atom stereocenters. The maximum absolute atomic E-state index is 12.4. The van der Waals surface area contributed by atoms with E-state index in [9.17, 15) is 14.4 Å². The molecule has 2 heterocycles. The van der Waals surface area contributed by atoms with Crippen molar-refractivity contribution in [2.75, 3.05) is 5.32 Å². The minimum Gasteiger partial charge on any atom is -0.321 e. The summed E-state index contributed by atoms with van der Waals surface area (Å²) in [5.74, 6) is -0.910. The van der Waals surface area contributed by atoms with Gasteiger partial charge >= 0.3 is 5.76 Å². The van der Waals surface area contributed by atoms with Gasteiger partial charge in [0.05, 0.1) is 6.20 Å². The van der Waals surface area contributed by atoms with E-state index in [1.54, 1.807) is 24.3 Å². The summed E-state index contributed by atoms with van der Waals surface area (Å²) in [4.78, 5) is 37.9. The second kappa shape index (κ2) is 6.98. The number of anilines is 1. The molecular formula is C17H18N6O4. The van der Waals surface area contributed by atoms with E-state index in [4.69, 9.17) is 0 Å². The topological polar surface area (TPSA) is 136 Å². The van der Waals surface area contributed by atoms with E-state index in [2.05, 4.69) is 30.3 Å². The highest BCUT2D eigenvalue weighted by molar-refractivity contribution is 6.02. The lowest BCUT2D eigenvalue weighted by Gasteiger charge is -2.15. The summed E-state index contributed by atoms with van der Waals surface area (Å²) < 4.78 is 5.80. The average Bonchev–Trinajstić information content (AvgIpc) is 3.23. The number of amides is 1. The normalized spacial score (nSPS) is 11.4. The molecule has 0 saturated heterocycles. The van der Waals surface area contributed by atoms with Crippen LogP contribution in [0.5, 0.6) is 0 Å². The number of H-pyrrole nitrogens is 1. The lowest BCUT2D eigenvalue weighted by Crippen LogP contribution is -2.25. The van der Waals surface area contributed by atoms with Crippen LogP contribution in [0.4, 0.5) is 5.69 Å². The SMILES string of the molecule is CC(C)(C)C(=O)Cn1cc(C(=O)Nc2cccc(-c3noc(=O)[nH]3)c2)nn1. The van der Waals surface area contributed by atoms with E-state index < -0.39 is 17.1 Å². The van der Waals surface area contributed by atoms with Crippen LogP contribution in [0.15, 0.2) is 39.8 Å². The van der Waals surface area contributed by atoms with E-state index in [0.717, 1.165) is 0 Å². The molecular weight excluding hydrogens is 352 g/mol. The highest BCUT2D eigenvalue weighted by Crippen LogP contribution is 2.19. The van der Waals surface area contributed by atoms with Crippen molar-refractivity contribution in [3.63, 3.8) is 0 Å². The van der Waals surface area contributed by atoms with Gasteiger partial charge in [0, 0.05) is 16.7 Å². The van der Waals surface area contributed by atoms with Crippen LogP contribution in [0.1, 0.15) is 31.3 Å². The molecule has 2 aromatic heterocycles. The Balaban J connectivity index is 1.71. The Kier molecular flexibility index (Phi) is 4.72. The Bertz CT molecular complexity index is 1040. The van der Waals surface area contributed by atoms with Crippen LogP contribution in [0.3, 0.4) is 0 Å². The van der Waals surface area contributed by atoms with Crippen molar-refractivity contribution >= 4 is 17.4 Å². The predicted octanol–water partition coefficient (Wildman–Crippen LogP) is 1.49. The Morgan fingerprint density at radius 2 is 2.07 bits per heavy atom. The van der Waals surface area contributed by atoms with Gasteiger partial charge in [-0.15, -0.1) is 5.10 Å². The van der Waals surface area contributed by atoms with Gasteiger partial charge in [0.2, 0.25) is 0 Å². The van der Waals surface area contributed by atoms with E-state index in [-0.39, 0.29) is 23.8 Å². The Hall–Kier alpha value is -3.56. The molecule has 0 aliphatic heterocycles. The molecule has 10 heteroatoms. The number of carbonyl (C=O) groups excluding carboxylic acids is 2. The first-order valence-electron chi connectivity index (χ1n) is 8.13. The minimum absolute atomic E-state index is 0.0198. The number of nitrogens with zero attached hydrogens (tertiary/aromatic N) is 4. The third-order valence-corrected chi connectivity index (χ3v) is 3.75. The molecule has 1 amide bonds. The fourth-order valence-electron chi connectivity index (χ4n) is 2.16. The van der Waals surface area contributed by atoms with Crippen LogP contribution < -0.4 is 11.1 Å². The summed E-state index contributed by atoms with van der Waals surface area (Å²) in [6.45, 7) is 5.48. The molecule has 10 nitrogen and oxygen atoms in total. The number of hydrogen-bond donors (Lipinski definition) is 2. The summed E-state index contributed by atoms with van der Waals surface area (Å²) >= 11 is 0. The Morgan fingerprint density at radius 1 is 1.30 bits per heavy atom. The van der Waals surface area contributed by atoms with Gasteiger partial charge in [0.1, 0.15) is 6.54 Å². The maximum Gasteiger partial charge on any atom is 0.439 e. The number of aromatic nitrogens is 5. The Morgan fingerprint density at radius 3 is 2.74 bits per heavy atom. The molecule has 0 saturated carbocycles. The molecule has 0 aliphatic carbocycles. The van der Waals surface area contributed by atoms with Crippen molar-refractivity contribution in [3.05, 3.63) is 46.7 Å². The van der Waals surface area contributed by atoms with Crippen molar-refractivity contribution in [2.24, 2.45) is 5.41 Å². The maximum atomic E-state index is 12.4. The van der Waals surface area contributed by atoms with Gasteiger partial charge in [-0.2, -0.15) is 0 Å². The summed E-state index contributed by atoms with van der Waals surface area (Å²) in [5.41, 5.74) is 0.619. The van der Waals surface area contributed by atoms with Gasteiger partial charge in [-0.25, -0.2) is 9.48 Å². The van der Waals surface area contributed by atoms with E-state index in [1.165, 1.54) is 10.9 Å². The molecule has 0 bridgehead atoms. The van der Waals surface area contributed by atoms with Gasteiger partial charge in [-0.3, -0.25) is 19.1 Å². The quantitative estimate of drug-likeness (QED) is 0.694. The fourth-order valence-corrected chi connectivity index (χ4v) is 2.16. The average molecular weight is 370 g/mol. The lowest BCUT2D eigenvalue weighted by atomic mass is 9.91. The van der Waals surface area contributed by atoms with Crippen molar-refractivity contribution in [2.45, 2.75) is 27.3 Å². The molecule has 3 aromatic rings. The highest BCUT2D eigenvalue weighted by atomic mass is 16.5. The number of carbonyl (C=O) groups is 2. The molecule has 1 aromatic carbocycles. The standard InChI is InChI=1S/C17H18N6O4/c1-17(2,3)13(24)9-23-8-12(20-22-23)15(25)18-11-6-4-5-10(7-11)14-19-16(26)27-21-14/h4-8H,9H2,1-3H3,(H,18,25)(H,19,21,26). The van der Waals surface area contributed by atoms with Crippen molar-refractivity contribution < 1.29 is 14.1 Å². The minimum atomic E-state index is -0.666. The number of hydrogen-bond acceptors (Lipinski definition) is 7. The number of ketones is 1. The number of rotatable bonds is 5. The summed E-state index contributed by atoms with van der Waals surface area (Å²) in [6, 6.07) is 6.70. The molecule has 0 fully saturated rings. The lowest BCUT2D eigenvalue weighted by molar-refractivity contribution is -0.127. The Labute approximate surface area is 153 Å². The van der Waals surface area contributed by atoms with Crippen LogP contribution in [0, 0.1) is 5.41 Å². The highest BCUT2D eigenvalue weighted by Gasteiger charge is 2.22. The van der Waals surface area contributed by atoms with E-state index >= 15 is 0 Å². The third-order valence-electron chi connectivity index (χ3n) is 3.75. The smallest absolute Gasteiger partial charge is 0.321 e. The van der Waals surface area contributed by atoms with Crippen molar-refractivity contribution in [3.8, 4) is 11.4 Å². The number of benzene rings is 1. The fraction of sp³-hybridized carbons (Fsp3) is 0.294. The second-order valence-corrected chi connectivity index (χ2v) is 6.95. The van der Waals surface area contributed by atoms with Crippen LogP contribution in [-0.4, -0.2) is 36.8 Å². The summed E-state index contributed by atoms with van der Waals surface area (Å²) in [7, 11) is 0. The first-order valence-corrected chi connectivity index (χ1v) is 8.13. The molecule has 0 atom stereocenters. The van der Waals surface area contributed by atoms with Gasteiger partial charge in [0.15, 0.2) is 17.3 Å². The summed E-state index contributed by atoms with van der Waals surface area (Å²) in [5, 5.41) is 13.9. The first kappa shape index (κ1) is 18.2. The van der Waals surface area contributed by atoms with Crippen LogP contribution in [0.2, 0.25) is 0 Å². The van der Waals surface area contributed by atoms with Crippen molar-refractivity contribution in [1.82, 2.24) is 25.1 Å². The van der Waals surface area contributed by atoms with E-state index in [1.807, 2.05) is 20.8 Å². The van der Waals surface area contributed by atoms with Crippen LogP contribution in [-0.2, 0) is 11.3 Å². The number of aromatic amines is 1. The van der Waals surface area contributed by atoms with Gasteiger partial charge in [-0.1, -0.05) is 43.3 Å². The van der Waals surface area contributed by atoms with E-state index in [0.29, 0.717) is 11.3 Å². The second-order valence-electron chi connectivity index (χ2n) is 6.95. The monoisotopic (exact) mass is 370 g/mol. The molecule has 140 valence electrons. The largest absolute Gasteiger partial charge is 0.439 e. The van der Waals surface area contributed by atoms with Gasteiger partial charge in [-0.05, 0) is 12.1 Å². The number of nitrogens with one attached hydrogen (secondary N) is 2. The zero-order valence-electron chi connectivity index (χ0n) is 15.0. The van der Waals surface area contributed by atoms with Crippen molar-refractivity contribution in [1.29, 1.82) is 0 Å². The van der Waals surface area contributed by atoms with Crippen LogP contribution in [0.25, 0.3) is 11.4 Å². The molecule has 0 spiro atoms. The predicted molar refractivity (Wildman–Crippen MR) is 95.0 cm³/mol. The molecule has 3 rings (SSSR count). The molecule has 27 heavy (non-hydrogen) atoms. The third kappa shape index (κ3) is 4.35.